The Morgan fingerprint density at radius 1 is 1.33 bits per heavy atom. The minimum atomic E-state index is -0.157. The van der Waals surface area contributed by atoms with Crippen LogP contribution in [-0.2, 0) is 7.05 Å². The summed E-state index contributed by atoms with van der Waals surface area (Å²) in [6.45, 7) is 0. The van der Waals surface area contributed by atoms with Gasteiger partial charge in [0.25, 0.3) is 5.56 Å². The molecular weight excluding hydrogens is 250 g/mol. The number of fused-ring (bicyclic) bond motifs is 1. The van der Waals surface area contributed by atoms with Crippen molar-refractivity contribution >= 4 is 22.5 Å². The second-order valence-corrected chi connectivity index (χ2v) is 4.58. The Labute approximate surface area is 108 Å². The van der Waals surface area contributed by atoms with Crippen molar-refractivity contribution < 1.29 is 0 Å². The zero-order chi connectivity index (χ0) is 12.7. The topological polar surface area (TPSA) is 50.7 Å². The maximum atomic E-state index is 11.9. The highest BCUT2D eigenvalue weighted by molar-refractivity contribution is 6.31. The molecule has 4 nitrogen and oxygen atoms in total. The number of halogens is 1. The van der Waals surface area contributed by atoms with E-state index < -0.39 is 0 Å². The maximum absolute atomic E-state index is 11.9. The first-order valence-corrected chi connectivity index (χ1v) is 5.83. The van der Waals surface area contributed by atoms with E-state index >= 15 is 0 Å². The average Bonchev–Trinajstić information content (AvgIpc) is 2.75. The predicted octanol–water partition coefficient (Wildman–Crippen LogP) is 2.58. The van der Waals surface area contributed by atoms with E-state index in [1.54, 1.807) is 18.2 Å². The second kappa shape index (κ2) is 3.99. The van der Waals surface area contributed by atoms with Gasteiger partial charge in [0.1, 0.15) is 5.82 Å². The molecule has 90 valence electrons. The first kappa shape index (κ1) is 11.0. The number of rotatable bonds is 1. The summed E-state index contributed by atoms with van der Waals surface area (Å²) >= 11 is 5.92. The van der Waals surface area contributed by atoms with E-state index in [1.807, 2.05) is 30.1 Å². The smallest absolute Gasteiger partial charge is 0.259 e. The lowest BCUT2D eigenvalue weighted by atomic mass is 10.2. The third-order valence-electron chi connectivity index (χ3n) is 2.77. The van der Waals surface area contributed by atoms with Gasteiger partial charge in [-0.2, -0.15) is 0 Å². The molecule has 0 aliphatic rings. The van der Waals surface area contributed by atoms with E-state index in [0.29, 0.717) is 21.7 Å². The fourth-order valence-corrected chi connectivity index (χ4v) is 2.06. The van der Waals surface area contributed by atoms with Crippen LogP contribution in [0.25, 0.3) is 22.3 Å². The van der Waals surface area contributed by atoms with E-state index in [2.05, 4.69) is 9.97 Å². The molecule has 0 fully saturated rings. The Balaban J connectivity index is 2.29. The van der Waals surface area contributed by atoms with Gasteiger partial charge in [-0.3, -0.25) is 4.79 Å². The molecule has 0 amide bonds. The van der Waals surface area contributed by atoms with Gasteiger partial charge in [-0.25, -0.2) is 4.98 Å². The van der Waals surface area contributed by atoms with Gasteiger partial charge in [-0.1, -0.05) is 11.6 Å². The van der Waals surface area contributed by atoms with Gasteiger partial charge in [0, 0.05) is 30.0 Å². The second-order valence-electron chi connectivity index (χ2n) is 4.14. The van der Waals surface area contributed by atoms with Crippen molar-refractivity contribution in [2.75, 3.05) is 0 Å². The van der Waals surface area contributed by atoms with Crippen LogP contribution in [0.15, 0.2) is 41.5 Å². The molecule has 3 rings (SSSR count). The van der Waals surface area contributed by atoms with Gasteiger partial charge in [0.2, 0.25) is 0 Å². The number of hydrogen-bond donors (Lipinski definition) is 1. The van der Waals surface area contributed by atoms with Crippen molar-refractivity contribution in [3.8, 4) is 11.4 Å². The van der Waals surface area contributed by atoms with E-state index in [-0.39, 0.29) is 5.56 Å². The molecule has 0 atom stereocenters. The number of nitrogens with zero attached hydrogens (tertiary/aromatic N) is 2. The number of benzene rings is 1. The van der Waals surface area contributed by atoms with Crippen molar-refractivity contribution in [1.29, 1.82) is 0 Å². The quantitative estimate of drug-likeness (QED) is 0.730. The zero-order valence-corrected chi connectivity index (χ0v) is 10.4. The number of aromatic amines is 1. The molecule has 0 aliphatic heterocycles. The zero-order valence-electron chi connectivity index (χ0n) is 9.64. The van der Waals surface area contributed by atoms with E-state index in [9.17, 15) is 4.79 Å². The van der Waals surface area contributed by atoms with Gasteiger partial charge in [0.15, 0.2) is 0 Å². The molecule has 1 aromatic carbocycles. The first-order valence-electron chi connectivity index (χ1n) is 5.45. The number of nitrogens with one attached hydrogen (secondary N) is 1. The summed E-state index contributed by atoms with van der Waals surface area (Å²) in [6.07, 6.45) is 3.80. The van der Waals surface area contributed by atoms with Gasteiger partial charge in [-0.05, 0) is 24.3 Å². The third kappa shape index (κ3) is 1.80. The maximum Gasteiger partial charge on any atom is 0.259 e. The van der Waals surface area contributed by atoms with Crippen LogP contribution in [0.2, 0.25) is 5.02 Å². The van der Waals surface area contributed by atoms with Gasteiger partial charge < -0.3 is 9.55 Å². The molecule has 0 radical (unpaired) electrons. The van der Waals surface area contributed by atoms with Crippen LogP contribution >= 0.6 is 11.6 Å². The molecule has 2 heterocycles. The molecule has 18 heavy (non-hydrogen) atoms. The molecule has 1 N–H and O–H groups in total. The normalized spacial score (nSPS) is 11.0. The summed E-state index contributed by atoms with van der Waals surface area (Å²) in [5.74, 6) is 0.551. The van der Waals surface area contributed by atoms with Crippen LogP contribution < -0.4 is 5.56 Å². The van der Waals surface area contributed by atoms with Crippen LogP contribution in [-0.4, -0.2) is 14.5 Å². The van der Waals surface area contributed by atoms with Crippen LogP contribution in [0.3, 0.4) is 0 Å². The van der Waals surface area contributed by atoms with E-state index in [1.165, 1.54) is 0 Å². The molecule has 0 aliphatic carbocycles. The minimum absolute atomic E-state index is 0.157. The molecule has 0 spiro atoms. The molecule has 0 saturated heterocycles. The molecule has 5 heteroatoms. The summed E-state index contributed by atoms with van der Waals surface area (Å²) in [7, 11) is 1.92. The fourth-order valence-electron chi connectivity index (χ4n) is 1.89. The Bertz CT molecular complexity index is 788. The highest BCUT2D eigenvalue weighted by atomic mass is 35.5. The lowest BCUT2D eigenvalue weighted by molar-refractivity contribution is 0.927. The van der Waals surface area contributed by atoms with Crippen molar-refractivity contribution in [3.63, 3.8) is 0 Å². The lowest BCUT2D eigenvalue weighted by Gasteiger charge is -2.01. The largest absolute Gasteiger partial charge is 0.357 e. The summed E-state index contributed by atoms with van der Waals surface area (Å²) < 4.78 is 1.90. The summed E-state index contributed by atoms with van der Waals surface area (Å²) in [6, 6.07) is 6.95. The van der Waals surface area contributed by atoms with Gasteiger partial charge in [-0.15, -0.1) is 0 Å². The Morgan fingerprint density at radius 3 is 2.89 bits per heavy atom. The Morgan fingerprint density at radius 2 is 2.17 bits per heavy atom. The van der Waals surface area contributed by atoms with Crippen LogP contribution in [0.1, 0.15) is 0 Å². The highest BCUT2D eigenvalue weighted by Crippen LogP contribution is 2.18. The molecule has 0 bridgehead atoms. The minimum Gasteiger partial charge on any atom is -0.357 e. The lowest BCUT2D eigenvalue weighted by Crippen LogP contribution is -2.09. The van der Waals surface area contributed by atoms with Gasteiger partial charge in [0.05, 0.1) is 10.9 Å². The number of hydrogen-bond acceptors (Lipinski definition) is 2. The number of aryl methyl sites for hydroxylation is 1. The Hall–Kier alpha value is -2.07. The molecular formula is C13H10ClN3O. The third-order valence-corrected chi connectivity index (χ3v) is 3.01. The van der Waals surface area contributed by atoms with E-state index in [0.717, 1.165) is 5.56 Å². The average molecular weight is 260 g/mol. The highest BCUT2D eigenvalue weighted by Gasteiger charge is 2.07. The van der Waals surface area contributed by atoms with Crippen LogP contribution in [0.4, 0.5) is 0 Å². The summed E-state index contributed by atoms with van der Waals surface area (Å²) in [4.78, 5) is 19.1. The fraction of sp³-hybridized carbons (Fsp3) is 0.0769. The predicted molar refractivity (Wildman–Crippen MR) is 71.8 cm³/mol. The first-order chi connectivity index (χ1) is 8.63. The van der Waals surface area contributed by atoms with Crippen molar-refractivity contribution in [2.45, 2.75) is 0 Å². The van der Waals surface area contributed by atoms with Crippen molar-refractivity contribution in [3.05, 3.63) is 52.0 Å². The van der Waals surface area contributed by atoms with Crippen LogP contribution in [0.5, 0.6) is 0 Å². The monoisotopic (exact) mass is 259 g/mol. The van der Waals surface area contributed by atoms with Crippen LogP contribution in [0, 0.1) is 0 Å². The van der Waals surface area contributed by atoms with Crippen molar-refractivity contribution in [2.24, 2.45) is 7.05 Å². The van der Waals surface area contributed by atoms with Crippen molar-refractivity contribution in [1.82, 2.24) is 14.5 Å². The summed E-state index contributed by atoms with van der Waals surface area (Å²) in [5, 5.41) is 1.11. The molecule has 0 saturated carbocycles. The molecule has 3 aromatic rings. The SMILES string of the molecule is Cn1ccc(-c2nc3cc(Cl)ccc3c(=O)[nH]2)c1. The van der Waals surface area contributed by atoms with E-state index in [4.69, 9.17) is 11.6 Å². The summed E-state index contributed by atoms with van der Waals surface area (Å²) in [5.41, 5.74) is 1.32. The number of H-pyrrole nitrogens is 1. The van der Waals surface area contributed by atoms with Gasteiger partial charge >= 0.3 is 0 Å². The molecule has 0 unspecified atom stereocenters. The Kier molecular flexibility index (Phi) is 2.45. The molecule has 2 aromatic heterocycles. The standard InChI is InChI=1S/C13H10ClN3O/c1-17-5-4-8(7-17)12-15-11-6-9(14)2-3-10(11)13(18)16-12/h2-7H,1H3,(H,15,16,18). The number of aromatic nitrogens is 3.